The van der Waals surface area contributed by atoms with Crippen molar-refractivity contribution in [3.8, 4) is 5.75 Å². The molecule has 0 fully saturated rings. The zero-order chi connectivity index (χ0) is 23.4. The lowest BCUT2D eigenvalue weighted by atomic mass is 9.81. The van der Waals surface area contributed by atoms with Crippen molar-refractivity contribution < 1.29 is 9.53 Å². The first kappa shape index (κ1) is 21.0. The molecule has 172 valence electrons. The predicted octanol–water partition coefficient (Wildman–Crippen LogP) is 5.40. The highest BCUT2D eigenvalue weighted by Crippen LogP contribution is 2.51. The van der Waals surface area contributed by atoms with Crippen LogP contribution < -0.4 is 9.64 Å². The van der Waals surface area contributed by atoms with Crippen LogP contribution in [0.25, 0.3) is 11.0 Å². The van der Waals surface area contributed by atoms with Crippen LogP contribution in [0.15, 0.2) is 60.9 Å². The number of carbonyl (C=O) groups excluding carboxylic acids is 1. The van der Waals surface area contributed by atoms with E-state index in [9.17, 15) is 4.79 Å². The summed E-state index contributed by atoms with van der Waals surface area (Å²) in [5.74, 6) is 1.61. The second-order valence-electron chi connectivity index (χ2n) is 9.66. The van der Waals surface area contributed by atoms with Crippen molar-refractivity contribution in [1.82, 2.24) is 9.55 Å². The lowest BCUT2D eigenvalue weighted by molar-refractivity contribution is -0.119. The quantitative estimate of drug-likeness (QED) is 0.417. The zero-order valence-corrected chi connectivity index (χ0v) is 19.9. The van der Waals surface area contributed by atoms with E-state index < -0.39 is 0 Å². The number of ether oxygens (including phenoxy) is 1. The number of aryl methyl sites for hydroxylation is 3. The van der Waals surface area contributed by atoms with E-state index in [2.05, 4.69) is 65.9 Å². The largest absolute Gasteiger partial charge is 0.495 e. The number of methoxy groups -OCH3 is 1. The van der Waals surface area contributed by atoms with Gasteiger partial charge in [-0.3, -0.25) is 4.79 Å². The summed E-state index contributed by atoms with van der Waals surface area (Å²) in [4.78, 5) is 20.2. The average Bonchev–Trinajstić information content (AvgIpc) is 3.42. The minimum absolute atomic E-state index is 0.130. The van der Waals surface area contributed by atoms with Crippen molar-refractivity contribution in [2.45, 2.75) is 39.2 Å². The summed E-state index contributed by atoms with van der Waals surface area (Å²) in [6.07, 6.45) is 3.28. The van der Waals surface area contributed by atoms with Crippen LogP contribution in [0.1, 0.15) is 40.2 Å². The molecule has 0 spiro atoms. The molecule has 0 bridgehead atoms. The van der Waals surface area contributed by atoms with E-state index in [0.29, 0.717) is 31.3 Å². The van der Waals surface area contributed by atoms with Crippen molar-refractivity contribution in [2.24, 2.45) is 5.92 Å². The average molecular weight is 452 g/mol. The Kier molecular flexibility index (Phi) is 4.94. The molecule has 3 aromatic carbocycles. The molecule has 1 aromatic heterocycles. The van der Waals surface area contributed by atoms with Crippen LogP contribution in [0.5, 0.6) is 5.75 Å². The van der Waals surface area contributed by atoms with Gasteiger partial charge >= 0.3 is 0 Å². The van der Waals surface area contributed by atoms with Gasteiger partial charge in [-0.1, -0.05) is 36.4 Å². The van der Waals surface area contributed by atoms with E-state index >= 15 is 0 Å². The molecule has 1 aliphatic heterocycles. The maximum Gasteiger partial charge on any atom is 0.228 e. The Hall–Kier alpha value is -3.60. The fourth-order valence-corrected chi connectivity index (χ4v) is 5.91. The highest BCUT2D eigenvalue weighted by molar-refractivity contribution is 5.97. The van der Waals surface area contributed by atoms with Gasteiger partial charge in [0, 0.05) is 25.4 Å². The second kappa shape index (κ2) is 8.01. The standard InChI is InChI=1S/C29H29N3O2/c1-18-13-24-25(14-19(18)2)31(17-30-24)12-11-27(33)32-16-21-15-20-7-4-5-8-22(20)28(21)23-9-6-10-26(34-3)29(23)32/h4-10,13-14,17,21,28H,11-12,15-16H2,1-3H3/t21-,28+/m0/s1. The van der Waals surface area contributed by atoms with E-state index in [0.717, 1.165) is 28.9 Å². The first-order valence-electron chi connectivity index (χ1n) is 12.0. The van der Waals surface area contributed by atoms with Gasteiger partial charge in [-0.2, -0.15) is 0 Å². The molecule has 2 atom stereocenters. The Morgan fingerprint density at radius 1 is 1.06 bits per heavy atom. The summed E-state index contributed by atoms with van der Waals surface area (Å²) in [7, 11) is 1.69. The molecular weight excluding hydrogens is 422 g/mol. The van der Waals surface area contributed by atoms with Gasteiger partial charge in [0.25, 0.3) is 0 Å². The van der Waals surface area contributed by atoms with E-state index in [1.54, 1.807) is 7.11 Å². The molecule has 0 saturated heterocycles. The molecule has 6 rings (SSSR count). The lowest BCUT2D eigenvalue weighted by Crippen LogP contribution is -2.41. The fourth-order valence-electron chi connectivity index (χ4n) is 5.91. The van der Waals surface area contributed by atoms with Gasteiger partial charge in [0.15, 0.2) is 0 Å². The van der Waals surface area contributed by atoms with Gasteiger partial charge in [0.05, 0.1) is 30.2 Å². The zero-order valence-electron chi connectivity index (χ0n) is 19.9. The molecule has 0 N–H and O–H groups in total. The van der Waals surface area contributed by atoms with Crippen LogP contribution in [0.3, 0.4) is 0 Å². The van der Waals surface area contributed by atoms with Crippen LogP contribution in [-0.4, -0.2) is 29.1 Å². The summed E-state index contributed by atoms with van der Waals surface area (Å²) in [5, 5.41) is 0. The molecule has 4 aromatic rings. The molecule has 1 aliphatic carbocycles. The molecule has 5 heteroatoms. The summed E-state index contributed by atoms with van der Waals surface area (Å²) in [6, 6.07) is 19.2. The Morgan fingerprint density at radius 3 is 2.71 bits per heavy atom. The molecule has 2 heterocycles. The maximum absolute atomic E-state index is 13.7. The smallest absolute Gasteiger partial charge is 0.228 e. The number of benzene rings is 3. The van der Waals surface area contributed by atoms with Gasteiger partial charge in [-0.25, -0.2) is 4.98 Å². The minimum atomic E-state index is 0.130. The molecule has 34 heavy (non-hydrogen) atoms. The molecule has 1 amide bonds. The van der Waals surface area contributed by atoms with Gasteiger partial charge < -0.3 is 14.2 Å². The van der Waals surface area contributed by atoms with Gasteiger partial charge in [0.1, 0.15) is 5.75 Å². The van der Waals surface area contributed by atoms with E-state index in [4.69, 9.17) is 4.74 Å². The van der Waals surface area contributed by atoms with Crippen LogP contribution in [0, 0.1) is 19.8 Å². The Bertz CT molecular complexity index is 1420. The van der Waals surface area contributed by atoms with Gasteiger partial charge in [-0.15, -0.1) is 0 Å². The number of hydrogen-bond acceptors (Lipinski definition) is 3. The monoisotopic (exact) mass is 451 g/mol. The van der Waals surface area contributed by atoms with Crippen molar-refractivity contribution in [2.75, 3.05) is 18.6 Å². The van der Waals surface area contributed by atoms with Gasteiger partial charge in [0.2, 0.25) is 5.91 Å². The second-order valence-corrected chi connectivity index (χ2v) is 9.66. The number of rotatable bonds is 4. The fraction of sp³-hybridized carbons (Fsp3) is 0.310. The first-order chi connectivity index (χ1) is 16.5. The molecule has 5 nitrogen and oxygen atoms in total. The number of nitrogens with zero attached hydrogens (tertiary/aromatic N) is 3. The number of amides is 1. The number of aromatic nitrogens is 2. The number of hydrogen-bond donors (Lipinski definition) is 0. The summed E-state index contributed by atoms with van der Waals surface area (Å²) in [6.45, 7) is 5.54. The highest BCUT2D eigenvalue weighted by Gasteiger charge is 2.42. The normalized spacial score (nSPS) is 18.5. The summed E-state index contributed by atoms with van der Waals surface area (Å²) >= 11 is 0. The van der Waals surface area contributed by atoms with Crippen molar-refractivity contribution >= 4 is 22.6 Å². The SMILES string of the molecule is COc1cccc2c1N(C(=O)CCn1cnc3cc(C)c(C)cc31)C[C@@H]1Cc3ccccc3[C@H]21. The lowest BCUT2D eigenvalue weighted by Gasteiger charge is -2.38. The Labute approximate surface area is 200 Å². The van der Waals surface area contributed by atoms with Crippen LogP contribution in [0.4, 0.5) is 5.69 Å². The third-order valence-corrected chi connectivity index (χ3v) is 7.72. The van der Waals surface area contributed by atoms with Crippen LogP contribution in [-0.2, 0) is 17.8 Å². The van der Waals surface area contributed by atoms with E-state index in [-0.39, 0.29) is 5.91 Å². The Morgan fingerprint density at radius 2 is 1.85 bits per heavy atom. The predicted molar refractivity (Wildman–Crippen MR) is 135 cm³/mol. The summed E-state index contributed by atoms with van der Waals surface area (Å²) < 4.78 is 7.85. The third-order valence-electron chi connectivity index (χ3n) is 7.72. The first-order valence-corrected chi connectivity index (χ1v) is 12.0. The van der Waals surface area contributed by atoms with Crippen molar-refractivity contribution in [3.63, 3.8) is 0 Å². The number of carbonyl (C=O) groups is 1. The molecular formula is C29H29N3O2. The minimum Gasteiger partial charge on any atom is -0.495 e. The number of para-hydroxylation sites is 1. The van der Waals surface area contributed by atoms with Crippen molar-refractivity contribution in [1.29, 1.82) is 0 Å². The molecule has 0 radical (unpaired) electrons. The third kappa shape index (κ3) is 3.22. The highest BCUT2D eigenvalue weighted by atomic mass is 16.5. The van der Waals surface area contributed by atoms with Crippen LogP contribution in [0.2, 0.25) is 0 Å². The van der Waals surface area contributed by atoms with E-state index in [1.165, 1.54) is 27.8 Å². The number of imidazole rings is 1. The molecule has 0 saturated carbocycles. The van der Waals surface area contributed by atoms with Crippen molar-refractivity contribution in [3.05, 3.63) is 88.7 Å². The van der Waals surface area contributed by atoms with Gasteiger partial charge in [-0.05, 0) is 72.2 Å². The van der Waals surface area contributed by atoms with E-state index in [1.807, 2.05) is 23.4 Å². The molecule has 2 aliphatic rings. The maximum atomic E-state index is 13.7. The Balaban J connectivity index is 1.32. The van der Waals surface area contributed by atoms with Crippen LogP contribution >= 0.6 is 0 Å². The molecule has 0 unspecified atom stereocenters. The number of anilines is 1. The summed E-state index contributed by atoms with van der Waals surface area (Å²) in [5.41, 5.74) is 9.47. The topological polar surface area (TPSA) is 47.4 Å². The number of fused-ring (bicyclic) bond motifs is 6.